The third kappa shape index (κ3) is 3.42. The van der Waals surface area contributed by atoms with Gasteiger partial charge >= 0.3 is 0 Å². The Morgan fingerprint density at radius 1 is 1.43 bits per heavy atom. The van der Waals surface area contributed by atoms with E-state index in [4.69, 9.17) is 4.74 Å². The van der Waals surface area contributed by atoms with Crippen LogP contribution in [0.4, 0.5) is 0 Å². The summed E-state index contributed by atoms with van der Waals surface area (Å²) in [4.78, 5) is 19.2. The molecule has 0 aliphatic carbocycles. The van der Waals surface area contributed by atoms with Gasteiger partial charge in [-0.15, -0.1) is 11.3 Å². The fraction of sp³-hybridized carbons (Fsp3) is 0.375. The molecule has 0 aromatic carbocycles. The van der Waals surface area contributed by atoms with E-state index in [1.165, 1.54) is 11.3 Å². The third-order valence-electron chi connectivity index (χ3n) is 3.61. The zero-order valence-corrected chi connectivity index (χ0v) is 12.8. The summed E-state index contributed by atoms with van der Waals surface area (Å²) in [6, 6.07) is 5.75. The number of rotatable bonds is 3. The van der Waals surface area contributed by atoms with Crippen LogP contribution in [0, 0.1) is 6.92 Å². The van der Waals surface area contributed by atoms with E-state index < -0.39 is 0 Å². The molecule has 1 aliphatic rings. The predicted molar refractivity (Wildman–Crippen MR) is 82.8 cm³/mol. The lowest BCUT2D eigenvalue weighted by Crippen LogP contribution is -2.41. The number of piperidine rings is 1. The van der Waals surface area contributed by atoms with Crippen molar-refractivity contribution in [1.29, 1.82) is 0 Å². The van der Waals surface area contributed by atoms with Crippen molar-refractivity contribution < 1.29 is 9.53 Å². The fourth-order valence-corrected chi connectivity index (χ4v) is 3.35. The molecule has 5 heteroatoms. The normalized spacial score (nSPS) is 16.0. The molecule has 1 aliphatic heterocycles. The fourth-order valence-electron chi connectivity index (χ4n) is 2.49. The molecule has 3 rings (SSSR count). The quantitative estimate of drug-likeness (QED) is 0.875. The Morgan fingerprint density at radius 2 is 2.24 bits per heavy atom. The second-order valence-corrected chi connectivity index (χ2v) is 6.20. The summed E-state index contributed by atoms with van der Waals surface area (Å²) in [6.07, 6.45) is 5.36. The Hall–Kier alpha value is -1.88. The van der Waals surface area contributed by atoms with E-state index in [2.05, 4.69) is 4.98 Å². The molecule has 0 bridgehead atoms. The monoisotopic (exact) mass is 302 g/mol. The van der Waals surface area contributed by atoms with Crippen molar-refractivity contribution in [3.05, 3.63) is 46.4 Å². The van der Waals surface area contributed by atoms with E-state index in [1.54, 1.807) is 12.4 Å². The molecule has 0 saturated carbocycles. The third-order valence-corrected chi connectivity index (χ3v) is 4.64. The first-order valence-electron chi connectivity index (χ1n) is 7.13. The van der Waals surface area contributed by atoms with Crippen LogP contribution in [-0.2, 0) is 0 Å². The molecule has 2 aromatic heterocycles. The zero-order chi connectivity index (χ0) is 14.7. The van der Waals surface area contributed by atoms with E-state index >= 15 is 0 Å². The minimum absolute atomic E-state index is 0.146. The highest BCUT2D eigenvalue weighted by Gasteiger charge is 2.25. The van der Waals surface area contributed by atoms with Crippen molar-refractivity contribution in [3.63, 3.8) is 0 Å². The zero-order valence-electron chi connectivity index (χ0n) is 12.0. The summed E-state index contributed by atoms with van der Waals surface area (Å²) in [6.45, 7) is 3.52. The van der Waals surface area contributed by atoms with Gasteiger partial charge in [0.05, 0.1) is 11.1 Å². The number of nitrogens with zero attached hydrogens (tertiary/aromatic N) is 2. The molecule has 1 saturated heterocycles. The second kappa shape index (κ2) is 6.26. The Labute approximate surface area is 128 Å². The van der Waals surface area contributed by atoms with Crippen LogP contribution in [0.25, 0.3) is 0 Å². The van der Waals surface area contributed by atoms with Crippen molar-refractivity contribution in [2.45, 2.75) is 25.9 Å². The van der Waals surface area contributed by atoms with Crippen LogP contribution in [0.3, 0.4) is 0 Å². The first kappa shape index (κ1) is 14.1. The van der Waals surface area contributed by atoms with Crippen molar-refractivity contribution in [2.75, 3.05) is 13.1 Å². The van der Waals surface area contributed by atoms with Crippen LogP contribution >= 0.6 is 11.3 Å². The number of pyridine rings is 1. The van der Waals surface area contributed by atoms with Crippen LogP contribution in [0.15, 0.2) is 36.0 Å². The molecular weight excluding hydrogens is 284 g/mol. The Bertz CT molecular complexity index is 604. The maximum absolute atomic E-state index is 12.4. The first-order valence-corrected chi connectivity index (χ1v) is 8.01. The van der Waals surface area contributed by atoms with Gasteiger partial charge in [0, 0.05) is 32.1 Å². The van der Waals surface area contributed by atoms with Crippen LogP contribution in [-0.4, -0.2) is 35.0 Å². The number of aryl methyl sites for hydroxylation is 1. The maximum atomic E-state index is 12.4. The van der Waals surface area contributed by atoms with E-state index in [0.717, 1.165) is 42.1 Å². The summed E-state index contributed by atoms with van der Waals surface area (Å²) in [5.41, 5.74) is 1.15. The predicted octanol–water partition coefficient (Wildman–Crippen LogP) is 3.14. The molecule has 0 atom stereocenters. The molecule has 1 amide bonds. The van der Waals surface area contributed by atoms with Crippen LogP contribution in [0.2, 0.25) is 0 Å². The largest absolute Gasteiger partial charge is 0.489 e. The average molecular weight is 302 g/mol. The lowest BCUT2D eigenvalue weighted by atomic mass is 10.1. The average Bonchev–Trinajstić information content (AvgIpc) is 2.95. The van der Waals surface area contributed by atoms with E-state index in [1.807, 2.05) is 35.4 Å². The van der Waals surface area contributed by atoms with Gasteiger partial charge in [0.1, 0.15) is 11.9 Å². The lowest BCUT2D eigenvalue weighted by molar-refractivity contribution is 0.0599. The molecule has 4 nitrogen and oxygen atoms in total. The summed E-state index contributed by atoms with van der Waals surface area (Å²) in [5, 5.41) is 2.02. The van der Waals surface area contributed by atoms with Gasteiger partial charge in [-0.3, -0.25) is 9.78 Å². The minimum Gasteiger partial charge on any atom is -0.489 e. The molecule has 0 unspecified atom stereocenters. The number of ether oxygens (including phenoxy) is 1. The number of amides is 1. The molecule has 1 fully saturated rings. The number of hydrogen-bond acceptors (Lipinski definition) is 4. The number of carbonyl (C=O) groups excluding carboxylic acids is 1. The molecule has 21 heavy (non-hydrogen) atoms. The second-order valence-electron chi connectivity index (χ2n) is 5.29. The van der Waals surface area contributed by atoms with Crippen molar-refractivity contribution in [1.82, 2.24) is 9.88 Å². The van der Waals surface area contributed by atoms with E-state index in [-0.39, 0.29) is 12.0 Å². The van der Waals surface area contributed by atoms with Crippen molar-refractivity contribution in [2.24, 2.45) is 0 Å². The van der Waals surface area contributed by atoms with Crippen LogP contribution in [0.1, 0.15) is 28.1 Å². The van der Waals surface area contributed by atoms with Gasteiger partial charge in [0.25, 0.3) is 5.91 Å². The lowest BCUT2D eigenvalue weighted by Gasteiger charge is -2.31. The molecule has 110 valence electrons. The summed E-state index contributed by atoms with van der Waals surface area (Å²) in [5.74, 6) is 0.948. The smallest absolute Gasteiger partial charge is 0.263 e. The highest BCUT2D eigenvalue weighted by Crippen LogP contribution is 2.21. The van der Waals surface area contributed by atoms with Gasteiger partial charge in [-0.2, -0.15) is 0 Å². The van der Waals surface area contributed by atoms with Gasteiger partial charge in [-0.1, -0.05) is 0 Å². The Kier molecular flexibility index (Phi) is 4.20. The van der Waals surface area contributed by atoms with E-state index in [0.29, 0.717) is 0 Å². The number of aromatic nitrogens is 1. The minimum atomic E-state index is 0.146. The number of likely N-dealkylation sites (tertiary alicyclic amines) is 1. The molecule has 0 spiro atoms. The van der Waals surface area contributed by atoms with Gasteiger partial charge in [0.15, 0.2) is 0 Å². The van der Waals surface area contributed by atoms with Gasteiger partial charge in [-0.25, -0.2) is 0 Å². The molecule has 0 N–H and O–H groups in total. The van der Waals surface area contributed by atoms with Gasteiger partial charge in [-0.05, 0) is 36.1 Å². The molecular formula is C16H18N2O2S. The summed E-state index contributed by atoms with van der Waals surface area (Å²) >= 11 is 1.52. The van der Waals surface area contributed by atoms with Crippen LogP contribution < -0.4 is 4.74 Å². The van der Waals surface area contributed by atoms with Crippen molar-refractivity contribution in [3.8, 4) is 5.75 Å². The topological polar surface area (TPSA) is 42.4 Å². The highest BCUT2D eigenvalue weighted by atomic mass is 32.1. The highest BCUT2D eigenvalue weighted by molar-refractivity contribution is 7.12. The standard InChI is InChI=1S/C16H18N2O2S/c1-12-9-15(21-11-12)16(19)18-7-4-13(5-8-18)20-14-3-2-6-17-10-14/h2-3,6,9-11,13H,4-5,7-8H2,1H3. The number of hydrogen-bond donors (Lipinski definition) is 0. The van der Waals surface area contributed by atoms with Gasteiger partial charge in [0.2, 0.25) is 0 Å². The van der Waals surface area contributed by atoms with Crippen molar-refractivity contribution >= 4 is 17.2 Å². The maximum Gasteiger partial charge on any atom is 0.263 e. The molecule has 0 radical (unpaired) electrons. The van der Waals surface area contributed by atoms with Crippen LogP contribution in [0.5, 0.6) is 5.75 Å². The first-order chi connectivity index (χ1) is 10.2. The molecule has 2 aromatic rings. The van der Waals surface area contributed by atoms with E-state index in [9.17, 15) is 4.79 Å². The molecule has 3 heterocycles. The number of thiophene rings is 1. The Morgan fingerprint density at radius 3 is 2.86 bits per heavy atom. The SMILES string of the molecule is Cc1csc(C(=O)N2CCC(Oc3cccnc3)CC2)c1. The summed E-state index contributed by atoms with van der Waals surface area (Å²) < 4.78 is 5.90. The Balaban J connectivity index is 1.54. The number of carbonyl (C=O) groups is 1. The summed E-state index contributed by atoms with van der Waals surface area (Å²) in [7, 11) is 0. The van der Waals surface area contributed by atoms with Gasteiger partial charge < -0.3 is 9.64 Å².